The number of hydrogen-bond acceptors (Lipinski definition) is 5. The van der Waals surface area contributed by atoms with Gasteiger partial charge in [-0.25, -0.2) is 0 Å². The Kier molecular flexibility index (Phi) is 8.20. The van der Waals surface area contributed by atoms with E-state index in [9.17, 15) is 4.57 Å². The fourth-order valence-electron chi connectivity index (χ4n) is 1.16. The molecule has 7 nitrogen and oxygen atoms in total. The predicted octanol–water partition coefficient (Wildman–Crippen LogP) is 2.20. The number of phosphoric acid groups is 1. The summed E-state index contributed by atoms with van der Waals surface area (Å²) in [6.45, 7) is 5.67. The van der Waals surface area contributed by atoms with Crippen LogP contribution in [0.25, 0.3) is 0 Å². The molecule has 0 saturated heterocycles. The minimum atomic E-state index is -4.97. The molecule has 0 atom stereocenters. The first kappa shape index (κ1) is 18.9. The Morgan fingerprint density at radius 1 is 1.21 bits per heavy atom. The zero-order valence-electron chi connectivity index (χ0n) is 11.2. The van der Waals surface area contributed by atoms with Gasteiger partial charge in [-0.15, -0.1) is 0 Å². The second-order valence-corrected chi connectivity index (χ2v) is 7.41. The van der Waals surface area contributed by atoms with Crippen LogP contribution in [0.1, 0.15) is 33.6 Å². The summed E-state index contributed by atoms with van der Waals surface area (Å²) in [5, 5.41) is 0. The van der Waals surface area contributed by atoms with Crippen molar-refractivity contribution < 1.29 is 33.0 Å². The third-order valence-corrected chi connectivity index (χ3v) is 4.48. The van der Waals surface area contributed by atoms with Crippen molar-refractivity contribution in [2.75, 3.05) is 6.61 Å². The first-order valence-electron chi connectivity index (χ1n) is 5.66. The van der Waals surface area contributed by atoms with Gasteiger partial charge in [0.1, 0.15) is 0 Å². The van der Waals surface area contributed by atoms with Crippen LogP contribution in [0, 0.1) is 0 Å². The van der Waals surface area contributed by atoms with Gasteiger partial charge in [0.15, 0.2) is 0 Å². The van der Waals surface area contributed by atoms with Gasteiger partial charge >= 0.3 is 112 Å². The van der Waals surface area contributed by atoms with Crippen LogP contribution in [0.4, 0.5) is 0 Å². The summed E-state index contributed by atoms with van der Waals surface area (Å²) in [5.41, 5.74) is 2.19. The van der Waals surface area contributed by atoms with E-state index in [2.05, 4.69) is 14.9 Å². The van der Waals surface area contributed by atoms with E-state index in [1.54, 1.807) is 6.08 Å². The van der Waals surface area contributed by atoms with E-state index in [4.69, 9.17) is 19.6 Å². The van der Waals surface area contributed by atoms with Crippen LogP contribution < -0.4 is 0 Å². The van der Waals surface area contributed by atoms with E-state index >= 15 is 0 Å². The Hall–Kier alpha value is -0.100. The normalized spacial score (nSPS) is 14.4. The number of rotatable bonds is 8. The summed E-state index contributed by atoms with van der Waals surface area (Å²) in [4.78, 5) is 35.1. The van der Waals surface area contributed by atoms with Crippen LogP contribution in [-0.2, 0) is 13.4 Å². The van der Waals surface area contributed by atoms with Gasteiger partial charge in [0.2, 0.25) is 0 Å². The second kappa shape index (κ2) is 8.25. The van der Waals surface area contributed by atoms with Gasteiger partial charge in [0, 0.05) is 0 Å². The summed E-state index contributed by atoms with van der Waals surface area (Å²) in [7, 11) is -9.75. The van der Waals surface area contributed by atoms with Gasteiger partial charge in [0.25, 0.3) is 0 Å². The molecule has 4 N–H and O–H groups in total. The monoisotopic (exact) mass is 316 g/mol. The van der Waals surface area contributed by atoms with Crippen molar-refractivity contribution in [1.82, 2.24) is 0 Å². The van der Waals surface area contributed by atoms with E-state index in [1.165, 1.54) is 5.57 Å². The minimum absolute atomic E-state index is 0.181. The Labute approximate surface area is 113 Å². The number of hydrogen-bond donors (Lipinski definition) is 4. The van der Waals surface area contributed by atoms with Crippen LogP contribution in [0.2, 0.25) is 0 Å². The van der Waals surface area contributed by atoms with Crippen molar-refractivity contribution in [3.63, 3.8) is 0 Å². The molecule has 0 spiro atoms. The molecular formula is C10H22O7P2. The Balaban J connectivity index is 4.12. The van der Waals surface area contributed by atoms with Crippen LogP contribution in [0.3, 0.4) is 0 Å². The van der Waals surface area contributed by atoms with Crippen molar-refractivity contribution in [1.29, 1.82) is 0 Å². The quantitative estimate of drug-likeness (QED) is 0.400. The molecule has 19 heavy (non-hydrogen) atoms. The van der Waals surface area contributed by atoms with Crippen LogP contribution >= 0.6 is 16.0 Å². The average Bonchev–Trinajstić information content (AvgIpc) is 2.12. The Bertz CT molecular complexity index is 379. The molecule has 0 aromatic carbocycles. The molecule has 0 aliphatic carbocycles. The molecule has 0 bridgehead atoms. The maximum atomic E-state index is 10.4. The maximum absolute atomic E-state index is 10.4. The topological polar surface area (TPSA) is 116 Å². The zero-order valence-corrected chi connectivity index (χ0v) is 13.1. The molecular weight excluding hydrogens is 294 g/mol. The average molecular weight is 316 g/mol. The van der Waals surface area contributed by atoms with Gasteiger partial charge < -0.3 is 0 Å². The summed E-state index contributed by atoms with van der Waals surface area (Å²) < 4.78 is 18.8. The Morgan fingerprint density at radius 3 is 2.26 bits per heavy atom. The van der Waals surface area contributed by atoms with Crippen LogP contribution in [0.5, 0.6) is 0 Å². The van der Waals surface area contributed by atoms with Crippen LogP contribution in [-0.4, -0.2) is 26.2 Å². The van der Waals surface area contributed by atoms with Gasteiger partial charge in [0.05, 0.1) is 0 Å². The molecule has 0 aliphatic rings. The summed E-state index contributed by atoms with van der Waals surface area (Å²) in [5.74, 6) is 0. The van der Waals surface area contributed by atoms with E-state index < -0.39 is 16.0 Å². The SMILES string of the molecule is CC(C)=CCC/C(C)=C/CO[PH](O)(O)OP(=O)(O)O. The number of allylic oxidation sites excluding steroid dienone is 3. The van der Waals surface area contributed by atoms with Crippen molar-refractivity contribution >= 4 is 16.0 Å². The molecule has 0 saturated carbocycles. The molecule has 0 aromatic rings. The first-order valence-corrected chi connectivity index (χ1v) is 8.90. The van der Waals surface area contributed by atoms with Crippen molar-refractivity contribution in [2.45, 2.75) is 33.6 Å². The fourth-order valence-corrected chi connectivity index (χ4v) is 2.91. The van der Waals surface area contributed by atoms with Crippen LogP contribution in [0.15, 0.2) is 23.3 Å². The summed E-state index contributed by atoms with van der Waals surface area (Å²) in [6, 6.07) is 0. The molecule has 0 aliphatic heterocycles. The second-order valence-electron chi connectivity index (χ2n) is 4.31. The van der Waals surface area contributed by atoms with Gasteiger partial charge in [-0.2, -0.15) is 0 Å². The molecule has 9 heteroatoms. The third kappa shape index (κ3) is 12.7. The standard InChI is InChI=1S/C10H22O7P2/c1-9(2)5-4-6-10(3)7-8-16-19(14,15)17-18(11,12)13/h5,7,14-15,19H,4,6,8H2,1-3H3,(H2,11,12,13)/b10-7+. The van der Waals surface area contributed by atoms with E-state index in [-0.39, 0.29) is 6.61 Å². The summed E-state index contributed by atoms with van der Waals surface area (Å²) in [6.07, 6.45) is 5.34. The van der Waals surface area contributed by atoms with E-state index in [1.807, 2.05) is 20.8 Å². The predicted molar refractivity (Wildman–Crippen MR) is 74.3 cm³/mol. The zero-order chi connectivity index (χ0) is 15.1. The van der Waals surface area contributed by atoms with Crippen molar-refractivity contribution in [3.8, 4) is 0 Å². The molecule has 114 valence electrons. The first-order chi connectivity index (χ1) is 8.52. The molecule has 0 unspecified atom stereocenters. The van der Waals surface area contributed by atoms with Gasteiger partial charge in [-0.05, 0) is 0 Å². The van der Waals surface area contributed by atoms with Crippen molar-refractivity contribution in [2.24, 2.45) is 0 Å². The molecule has 0 heterocycles. The summed E-state index contributed by atoms with van der Waals surface area (Å²) >= 11 is 0. The van der Waals surface area contributed by atoms with Gasteiger partial charge in [-0.3, -0.25) is 0 Å². The van der Waals surface area contributed by atoms with Gasteiger partial charge in [-0.1, -0.05) is 0 Å². The van der Waals surface area contributed by atoms with E-state index in [0.29, 0.717) is 0 Å². The molecule has 0 rings (SSSR count). The van der Waals surface area contributed by atoms with E-state index in [0.717, 1.165) is 18.4 Å². The third-order valence-electron chi connectivity index (χ3n) is 2.03. The van der Waals surface area contributed by atoms with Crippen molar-refractivity contribution in [3.05, 3.63) is 23.3 Å². The molecule has 0 aromatic heterocycles. The fraction of sp³-hybridized carbons (Fsp3) is 0.600. The Morgan fingerprint density at radius 2 is 1.79 bits per heavy atom. The molecule has 0 amide bonds. The molecule has 0 fully saturated rings. The molecule has 0 radical (unpaired) electrons.